The van der Waals surface area contributed by atoms with Crippen molar-refractivity contribution in [2.24, 2.45) is 0 Å². The van der Waals surface area contributed by atoms with Crippen molar-refractivity contribution in [3.05, 3.63) is 11.1 Å². The van der Waals surface area contributed by atoms with Crippen molar-refractivity contribution in [2.45, 2.75) is 25.1 Å². The number of anilines is 1. The van der Waals surface area contributed by atoms with Crippen LogP contribution in [0.3, 0.4) is 0 Å². The van der Waals surface area contributed by atoms with Crippen molar-refractivity contribution in [3.8, 4) is 0 Å². The SMILES string of the molecule is CN(C)CC1CC(O)CN1Cc1cnc(N)s1. The molecule has 96 valence electrons. The summed E-state index contributed by atoms with van der Waals surface area (Å²) in [5.41, 5.74) is 5.63. The third-order valence-corrected chi connectivity index (χ3v) is 3.82. The van der Waals surface area contributed by atoms with E-state index in [9.17, 15) is 5.11 Å². The molecule has 1 aliphatic rings. The van der Waals surface area contributed by atoms with Crippen molar-refractivity contribution in [3.63, 3.8) is 0 Å². The number of hydrogen-bond donors (Lipinski definition) is 2. The zero-order valence-electron chi connectivity index (χ0n) is 10.3. The Bertz CT molecular complexity index is 368. The van der Waals surface area contributed by atoms with Crippen LogP contribution in [0, 0.1) is 0 Å². The Balaban J connectivity index is 1.98. The van der Waals surface area contributed by atoms with E-state index in [2.05, 4.69) is 28.9 Å². The number of aromatic nitrogens is 1. The smallest absolute Gasteiger partial charge is 0.180 e. The van der Waals surface area contributed by atoms with E-state index in [1.54, 1.807) is 0 Å². The maximum absolute atomic E-state index is 9.77. The van der Waals surface area contributed by atoms with Crippen LogP contribution in [0.1, 0.15) is 11.3 Å². The van der Waals surface area contributed by atoms with Gasteiger partial charge < -0.3 is 15.7 Å². The van der Waals surface area contributed by atoms with Crippen LogP contribution >= 0.6 is 11.3 Å². The van der Waals surface area contributed by atoms with E-state index in [-0.39, 0.29) is 6.10 Å². The number of aliphatic hydroxyl groups excluding tert-OH is 1. The van der Waals surface area contributed by atoms with Gasteiger partial charge in [0.2, 0.25) is 0 Å². The molecule has 2 rings (SSSR count). The van der Waals surface area contributed by atoms with Crippen LogP contribution in [0.2, 0.25) is 0 Å². The second-order valence-electron chi connectivity index (χ2n) is 4.90. The molecule has 0 spiro atoms. The van der Waals surface area contributed by atoms with Crippen molar-refractivity contribution < 1.29 is 5.11 Å². The predicted molar refractivity (Wildman–Crippen MR) is 69.9 cm³/mol. The van der Waals surface area contributed by atoms with Gasteiger partial charge in [0, 0.05) is 36.8 Å². The Morgan fingerprint density at radius 3 is 3.00 bits per heavy atom. The van der Waals surface area contributed by atoms with Crippen molar-refractivity contribution >= 4 is 16.5 Å². The molecule has 0 bridgehead atoms. The number of likely N-dealkylation sites (tertiary alicyclic amines) is 1. The number of aliphatic hydroxyl groups is 1. The lowest BCUT2D eigenvalue weighted by molar-refractivity contribution is 0.170. The fourth-order valence-corrected chi connectivity index (χ4v) is 3.07. The molecule has 2 heterocycles. The standard InChI is InChI=1S/C11H20N4OS/c1-14(2)5-8-3-9(16)6-15(8)7-10-4-13-11(12)17-10/h4,8-9,16H,3,5-7H2,1-2H3,(H2,12,13). The molecule has 1 aromatic rings. The Morgan fingerprint density at radius 2 is 2.41 bits per heavy atom. The van der Waals surface area contributed by atoms with Crippen LogP contribution in [0.5, 0.6) is 0 Å². The van der Waals surface area contributed by atoms with Crippen LogP contribution in [-0.4, -0.2) is 59.2 Å². The number of hydrogen-bond acceptors (Lipinski definition) is 6. The summed E-state index contributed by atoms with van der Waals surface area (Å²) in [6.07, 6.45) is 2.48. The summed E-state index contributed by atoms with van der Waals surface area (Å²) in [6, 6.07) is 0.420. The molecule has 5 nitrogen and oxygen atoms in total. The molecule has 0 aliphatic carbocycles. The average Bonchev–Trinajstić information content (AvgIpc) is 2.74. The fourth-order valence-electron chi connectivity index (χ4n) is 2.36. The van der Waals surface area contributed by atoms with E-state index in [0.29, 0.717) is 11.2 Å². The van der Waals surface area contributed by atoms with E-state index in [1.165, 1.54) is 16.2 Å². The van der Waals surface area contributed by atoms with E-state index in [1.807, 2.05) is 6.20 Å². The van der Waals surface area contributed by atoms with E-state index < -0.39 is 0 Å². The van der Waals surface area contributed by atoms with Gasteiger partial charge in [-0.2, -0.15) is 0 Å². The van der Waals surface area contributed by atoms with E-state index >= 15 is 0 Å². The second-order valence-corrected chi connectivity index (χ2v) is 6.05. The highest BCUT2D eigenvalue weighted by Gasteiger charge is 2.31. The summed E-state index contributed by atoms with van der Waals surface area (Å²) in [4.78, 5) is 9.71. The molecule has 1 aliphatic heterocycles. The molecule has 0 saturated carbocycles. The van der Waals surface area contributed by atoms with Gasteiger partial charge in [-0.1, -0.05) is 0 Å². The maximum atomic E-state index is 9.77. The van der Waals surface area contributed by atoms with Crippen molar-refractivity contribution in [1.29, 1.82) is 0 Å². The Labute approximate surface area is 106 Å². The first kappa shape index (κ1) is 12.8. The lowest BCUT2D eigenvalue weighted by atomic mass is 10.2. The van der Waals surface area contributed by atoms with Crippen LogP contribution in [0.4, 0.5) is 5.13 Å². The van der Waals surface area contributed by atoms with Gasteiger partial charge in [0.05, 0.1) is 6.10 Å². The van der Waals surface area contributed by atoms with Crippen molar-refractivity contribution in [1.82, 2.24) is 14.8 Å². The molecule has 1 saturated heterocycles. The van der Waals surface area contributed by atoms with E-state index in [0.717, 1.165) is 26.1 Å². The molecule has 2 unspecified atom stereocenters. The van der Waals surface area contributed by atoms with Gasteiger partial charge in [-0.05, 0) is 20.5 Å². The largest absolute Gasteiger partial charge is 0.392 e. The van der Waals surface area contributed by atoms with Gasteiger partial charge in [0.15, 0.2) is 5.13 Å². The molecule has 1 fully saturated rings. The van der Waals surface area contributed by atoms with Crippen LogP contribution in [0.15, 0.2) is 6.20 Å². The molecular formula is C11H20N4OS. The summed E-state index contributed by atoms with van der Waals surface area (Å²) in [5, 5.41) is 10.4. The number of likely N-dealkylation sites (N-methyl/N-ethyl adjacent to an activating group) is 1. The number of β-amino-alcohol motifs (C(OH)–C–C–N with tert-alkyl or cyclic N) is 1. The Hall–Kier alpha value is -0.690. The number of nitrogen functional groups attached to an aromatic ring is 1. The summed E-state index contributed by atoms with van der Waals surface area (Å²) in [7, 11) is 4.13. The maximum Gasteiger partial charge on any atom is 0.180 e. The van der Waals surface area contributed by atoms with Crippen LogP contribution in [0.25, 0.3) is 0 Å². The summed E-state index contributed by atoms with van der Waals surface area (Å²) in [5.74, 6) is 0. The zero-order valence-corrected chi connectivity index (χ0v) is 11.2. The molecule has 6 heteroatoms. The van der Waals surface area contributed by atoms with Gasteiger partial charge in [0.1, 0.15) is 0 Å². The first-order chi connectivity index (χ1) is 8.04. The molecular weight excluding hydrogens is 236 g/mol. The summed E-state index contributed by atoms with van der Waals surface area (Å²) >= 11 is 1.53. The number of nitrogens with two attached hydrogens (primary N) is 1. The minimum atomic E-state index is -0.204. The third-order valence-electron chi connectivity index (χ3n) is 3.01. The zero-order chi connectivity index (χ0) is 12.4. The van der Waals surface area contributed by atoms with Crippen LogP contribution in [-0.2, 0) is 6.54 Å². The van der Waals surface area contributed by atoms with Crippen molar-refractivity contribution in [2.75, 3.05) is 32.9 Å². The normalized spacial score (nSPS) is 25.9. The topological polar surface area (TPSA) is 65.6 Å². The van der Waals surface area contributed by atoms with Gasteiger partial charge >= 0.3 is 0 Å². The van der Waals surface area contributed by atoms with Gasteiger partial charge in [-0.25, -0.2) is 4.98 Å². The number of rotatable bonds is 4. The van der Waals surface area contributed by atoms with Gasteiger partial charge in [-0.3, -0.25) is 4.90 Å². The lowest BCUT2D eigenvalue weighted by Gasteiger charge is -2.25. The summed E-state index contributed by atoms with van der Waals surface area (Å²) < 4.78 is 0. The fraction of sp³-hybridized carbons (Fsp3) is 0.727. The highest BCUT2D eigenvalue weighted by molar-refractivity contribution is 7.15. The first-order valence-electron chi connectivity index (χ1n) is 5.81. The number of nitrogens with zero attached hydrogens (tertiary/aromatic N) is 3. The molecule has 1 aromatic heterocycles. The quantitative estimate of drug-likeness (QED) is 0.807. The second kappa shape index (κ2) is 5.30. The highest BCUT2D eigenvalue weighted by atomic mass is 32.1. The predicted octanol–water partition coefficient (Wildman–Crippen LogP) is 0.222. The molecule has 17 heavy (non-hydrogen) atoms. The molecule has 0 aromatic carbocycles. The summed E-state index contributed by atoms with van der Waals surface area (Å²) in [6.45, 7) is 2.56. The van der Waals surface area contributed by atoms with Crippen LogP contribution < -0.4 is 5.73 Å². The van der Waals surface area contributed by atoms with Gasteiger partial charge in [0.25, 0.3) is 0 Å². The Morgan fingerprint density at radius 1 is 1.65 bits per heavy atom. The lowest BCUT2D eigenvalue weighted by Crippen LogP contribution is -2.36. The average molecular weight is 256 g/mol. The monoisotopic (exact) mass is 256 g/mol. The molecule has 3 N–H and O–H groups in total. The minimum absolute atomic E-state index is 0.204. The highest BCUT2D eigenvalue weighted by Crippen LogP contribution is 2.24. The molecule has 0 amide bonds. The van der Waals surface area contributed by atoms with Gasteiger partial charge in [-0.15, -0.1) is 11.3 Å². The first-order valence-corrected chi connectivity index (χ1v) is 6.63. The number of thiazole rings is 1. The van der Waals surface area contributed by atoms with E-state index in [4.69, 9.17) is 5.73 Å². The third kappa shape index (κ3) is 3.38. The Kier molecular flexibility index (Phi) is 3.98. The molecule has 0 radical (unpaired) electrons. The molecule has 2 atom stereocenters. The minimum Gasteiger partial charge on any atom is -0.392 e.